The minimum Gasteiger partial charge on any atom is -0.349 e. The van der Waals surface area contributed by atoms with Gasteiger partial charge in [0.2, 0.25) is 17.8 Å². The van der Waals surface area contributed by atoms with Crippen LogP contribution in [0.1, 0.15) is 51.2 Å². The first-order chi connectivity index (χ1) is 17.9. The van der Waals surface area contributed by atoms with Crippen LogP contribution in [0.5, 0.6) is 0 Å². The number of likely N-dealkylation sites (N-methyl/N-ethyl adjacent to an activating group) is 1. The van der Waals surface area contributed by atoms with E-state index in [0.717, 1.165) is 32.2 Å². The van der Waals surface area contributed by atoms with Crippen LogP contribution in [0.15, 0.2) is 24.3 Å². The fraction of sp³-hybridized carbons (Fsp3) is 0.630. The normalized spacial score (nSPS) is 18.1. The number of halogens is 3. The summed E-state index contributed by atoms with van der Waals surface area (Å²) >= 11 is 0. The van der Waals surface area contributed by atoms with Crippen LogP contribution in [0.2, 0.25) is 0 Å². The van der Waals surface area contributed by atoms with Crippen molar-refractivity contribution in [2.75, 3.05) is 61.4 Å². The van der Waals surface area contributed by atoms with E-state index in [9.17, 15) is 18.0 Å². The van der Waals surface area contributed by atoms with Gasteiger partial charge in [-0.3, -0.25) is 4.79 Å². The number of aromatic nitrogens is 3. The highest BCUT2D eigenvalue weighted by molar-refractivity contribution is 5.81. The van der Waals surface area contributed by atoms with Gasteiger partial charge in [-0.25, -0.2) is 0 Å². The summed E-state index contributed by atoms with van der Waals surface area (Å²) in [7, 11) is 2.10. The Balaban J connectivity index is 1.40. The van der Waals surface area contributed by atoms with E-state index in [0.29, 0.717) is 43.8 Å². The Morgan fingerprint density at radius 2 is 1.50 bits per heavy atom. The predicted octanol–water partition coefficient (Wildman–Crippen LogP) is 4.27. The van der Waals surface area contributed by atoms with Crippen LogP contribution in [-0.4, -0.2) is 77.5 Å². The van der Waals surface area contributed by atoms with Gasteiger partial charge in [0.15, 0.2) is 0 Å². The summed E-state index contributed by atoms with van der Waals surface area (Å²) in [6.45, 7) is 10.9. The monoisotopic (exact) mass is 533 g/mol. The highest BCUT2D eigenvalue weighted by Gasteiger charge is 2.33. The minimum absolute atomic E-state index is 0.0190. The Morgan fingerprint density at radius 3 is 2.08 bits per heavy atom. The first-order valence-corrected chi connectivity index (χ1v) is 13.3. The molecule has 0 radical (unpaired) electrons. The molecular formula is C27H38F3N7O. The highest BCUT2D eigenvalue weighted by atomic mass is 19.4. The number of piperidine rings is 1. The van der Waals surface area contributed by atoms with Gasteiger partial charge >= 0.3 is 6.18 Å². The molecule has 38 heavy (non-hydrogen) atoms. The number of ketones is 1. The van der Waals surface area contributed by atoms with Crippen molar-refractivity contribution in [1.82, 2.24) is 19.9 Å². The molecule has 2 aromatic rings. The molecule has 1 aromatic carbocycles. The van der Waals surface area contributed by atoms with E-state index < -0.39 is 11.7 Å². The average molecular weight is 534 g/mol. The fourth-order valence-electron chi connectivity index (χ4n) is 4.91. The Morgan fingerprint density at radius 1 is 0.921 bits per heavy atom. The summed E-state index contributed by atoms with van der Waals surface area (Å²) in [5.41, 5.74) is -0.707. The molecule has 2 aliphatic rings. The van der Waals surface area contributed by atoms with Gasteiger partial charge in [-0.1, -0.05) is 18.2 Å². The molecule has 0 saturated carbocycles. The fourth-order valence-corrected chi connectivity index (χ4v) is 4.91. The van der Waals surface area contributed by atoms with E-state index in [1.807, 2.05) is 0 Å². The molecule has 2 aliphatic heterocycles. The number of Topliss-reactive ketones (excluding diaryl/α,β-unsaturated/α-hetero) is 1. The number of aryl methyl sites for hydroxylation is 1. The summed E-state index contributed by atoms with van der Waals surface area (Å²) < 4.78 is 39.9. The molecule has 0 spiro atoms. The lowest BCUT2D eigenvalue weighted by atomic mass is 9.89. The number of nitrogens with zero attached hydrogens (tertiary/aromatic N) is 6. The van der Waals surface area contributed by atoms with Crippen molar-refractivity contribution < 1.29 is 18.0 Å². The van der Waals surface area contributed by atoms with Gasteiger partial charge in [-0.05, 0) is 58.7 Å². The molecule has 1 aromatic heterocycles. The van der Waals surface area contributed by atoms with Crippen LogP contribution in [0.3, 0.4) is 0 Å². The number of nitrogens with one attached hydrogen (secondary N) is 1. The second kappa shape index (κ2) is 11.4. The summed E-state index contributed by atoms with van der Waals surface area (Å²) in [6, 6.07) is 5.50. The zero-order chi connectivity index (χ0) is 27.5. The molecular weight excluding hydrogens is 495 g/mol. The summed E-state index contributed by atoms with van der Waals surface area (Å²) in [4.78, 5) is 33.6. The van der Waals surface area contributed by atoms with Gasteiger partial charge in [0.1, 0.15) is 5.78 Å². The van der Waals surface area contributed by atoms with E-state index in [-0.39, 0.29) is 35.6 Å². The first kappa shape index (κ1) is 28.1. The maximum Gasteiger partial charge on any atom is 0.416 e. The molecule has 208 valence electrons. The lowest BCUT2D eigenvalue weighted by Gasteiger charge is -2.34. The van der Waals surface area contributed by atoms with Gasteiger partial charge in [0.05, 0.1) is 5.56 Å². The van der Waals surface area contributed by atoms with E-state index in [2.05, 4.69) is 47.8 Å². The van der Waals surface area contributed by atoms with Crippen LogP contribution in [0.4, 0.5) is 31.0 Å². The van der Waals surface area contributed by atoms with Gasteiger partial charge in [0, 0.05) is 57.1 Å². The lowest BCUT2D eigenvalue weighted by Crippen LogP contribution is -2.45. The van der Waals surface area contributed by atoms with Crippen molar-refractivity contribution in [3.05, 3.63) is 35.4 Å². The molecule has 4 rings (SSSR count). The van der Waals surface area contributed by atoms with Crippen molar-refractivity contribution in [2.45, 2.75) is 58.2 Å². The number of piperazine rings is 1. The van der Waals surface area contributed by atoms with Crippen LogP contribution in [0.25, 0.3) is 0 Å². The number of benzene rings is 1. The Hall–Kier alpha value is -2.95. The van der Waals surface area contributed by atoms with Gasteiger partial charge in [-0.2, -0.15) is 28.1 Å². The Labute approximate surface area is 222 Å². The van der Waals surface area contributed by atoms with Crippen molar-refractivity contribution in [3.63, 3.8) is 0 Å². The second-order valence-corrected chi connectivity index (χ2v) is 11.3. The van der Waals surface area contributed by atoms with Gasteiger partial charge in [-0.15, -0.1) is 0 Å². The topological polar surface area (TPSA) is 77.5 Å². The summed E-state index contributed by atoms with van der Waals surface area (Å²) in [5.74, 6) is 1.61. The number of hydrogen-bond acceptors (Lipinski definition) is 8. The first-order valence-electron chi connectivity index (χ1n) is 13.3. The van der Waals surface area contributed by atoms with Crippen molar-refractivity contribution >= 4 is 23.6 Å². The van der Waals surface area contributed by atoms with E-state index >= 15 is 0 Å². The maximum atomic E-state index is 13.3. The highest BCUT2D eigenvalue weighted by Crippen LogP contribution is 2.33. The molecule has 2 fully saturated rings. The van der Waals surface area contributed by atoms with Crippen LogP contribution in [-0.2, 0) is 17.4 Å². The number of alkyl halides is 3. The minimum atomic E-state index is -4.42. The van der Waals surface area contributed by atoms with Crippen molar-refractivity contribution in [1.29, 1.82) is 0 Å². The number of rotatable bonds is 7. The lowest BCUT2D eigenvalue weighted by molar-refractivity contribution is -0.138. The van der Waals surface area contributed by atoms with E-state index in [1.165, 1.54) is 12.1 Å². The van der Waals surface area contributed by atoms with E-state index in [1.54, 1.807) is 6.07 Å². The number of carbonyl (C=O) groups excluding carboxylic acids is 1. The van der Waals surface area contributed by atoms with Gasteiger partial charge in [0.25, 0.3) is 0 Å². The number of carbonyl (C=O) groups is 1. The van der Waals surface area contributed by atoms with Crippen molar-refractivity contribution in [3.8, 4) is 0 Å². The van der Waals surface area contributed by atoms with Crippen LogP contribution >= 0.6 is 0 Å². The number of hydrogen-bond donors (Lipinski definition) is 1. The zero-order valence-corrected chi connectivity index (χ0v) is 22.7. The Kier molecular flexibility index (Phi) is 8.44. The summed E-state index contributed by atoms with van der Waals surface area (Å²) in [6.07, 6.45) is -2.97. The van der Waals surface area contributed by atoms with Crippen LogP contribution in [0, 0.1) is 5.92 Å². The number of anilines is 3. The van der Waals surface area contributed by atoms with Crippen molar-refractivity contribution in [2.24, 2.45) is 5.92 Å². The quantitative estimate of drug-likeness (QED) is 0.566. The maximum absolute atomic E-state index is 13.3. The standard InChI is InChI=1S/C27H38F3N7O/c1-26(2,3)34-23-31-24(33-25(32-23)37-17-15-35(4)16-18-37)36-13-11-20(12-14-36)22(38)10-9-19-7-5-6-8-21(19)27(28,29)30/h5-8,20H,9-18H2,1-4H3,(H,31,32,33,34). The predicted molar refractivity (Wildman–Crippen MR) is 143 cm³/mol. The smallest absolute Gasteiger partial charge is 0.349 e. The molecule has 0 amide bonds. The third-order valence-corrected chi connectivity index (χ3v) is 7.08. The molecule has 0 unspecified atom stereocenters. The second-order valence-electron chi connectivity index (χ2n) is 11.3. The largest absolute Gasteiger partial charge is 0.416 e. The van der Waals surface area contributed by atoms with Crippen LogP contribution < -0.4 is 15.1 Å². The molecule has 2 saturated heterocycles. The SMILES string of the molecule is CN1CCN(c2nc(NC(C)(C)C)nc(N3CCC(C(=O)CCc4ccccc4C(F)(F)F)CC3)n2)CC1. The zero-order valence-electron chi connectivity index (χ0n) is 22.7. The third-order valence-electron chi connectivity index (χ3n) is 7.08. The average Bonchev–Trinajstić information content (AvgIpc) is 2.86. The third kappa shape index (κ3) is 7.33. The summed E-state index contributed by atoms with van der Waals surface area (Å²) in [5, 5.41) is 3.36. The molecule has 3 heterocycles. The molecule has 8 nitrogen and oxygen atoms in total. The molecule has 0 bridgehead atoms. The van der Waals surface area contributed by atoms with E-state index in [4.69, 9.17) is 15.0 Å². The molecule has 11 heteroatoms. The molecule has 0 aliphatic carbocycles. The Bertz CT molecular complexity index is 1100. The molecule has 1 N–H and O–H groups in total. The van der Waals surface area contributed by atoms with Gasteiger partial charge < -0.3 is 20.0 Å². The molecule has 0 atom stereocenters.